The Balaban J connectivity index is 2.97. The maximum absolute atomic E-state index is 11.8. The van der Waals surface area contributed by atoms with Gasteiger partial charge in [-0.05, 0) is 12.1 Å². The van der Waals surface area contributed by atoms with E-state index in [0.29, 0.717) is 5.02 Å². The quantitative estimate of drug-likeness (QED) is 0.687. The van der Waals surface area contributed by atoms with Crippen LogP contribution >= 0.6 is 11.6 Å². The smallest absolute Gasteiger partial charge is 0.139 e. The van der Waals surface area contributed by atoms with Crippen molar-refractivity contribution in [1.82, 2.24) is 0 Å². The summed E-state index contributed by atoms with van der Waals surface area (Å²) < 4.78 is 0. The average Bonchev–Trinajstić information content (AvgIpc) is 2.03. The summed E-state index contributed by atoms with van der Waals surface area (Å²) in [5.74, 6) is 0. The van der Waals surface area contributed by atoms with E-state index in [2.05, 4.69) is 0 Å². The van der Waals surface area contributed by atoms with E-state index in [1.807, 2.05) is 19.6 Å². The number of carbonyl (C=O) groups excluding carboxylic acids is 1. The summed E-state index contributed by atoms with van der Waals surface area (Å²) in [5.41, 5.74) is 0.781. The second kappa shape index (κ2) is 3.64. The number of hydrogen-bond acceptors (Lipinski definition) is 1. The molecule has 0 atom stereocenters. The minimum atomic E-state index is -1.70. The van der Waals surface area contributed by atoms with Crippen LogP contribution in [0.4, 0.5) is 0 Å². The molecule has 0 aliphatic carbocycles. The molecular formula is C10H13ClOSi. The molecule has 70 valence electrons. The highest BCUT2D eigenvalue weighted by atomic mass is 35.5. The molecular weight excluding hydrogens is 200 g/mol. The SMILES string of the molecule is C[Si](C)(C)C(=O)c1ccc(Cl)cc1. The summed E-state index contributed by atoms with van der Waals surface area (Å²) in [6.45, 7) is 6.14. The molecule has 0 aromatic heterocycles. The molecule has 0 bridgehead atoms. The van der Waals surface area contributed by atoms with Gasteiger partial charge in [0.25, 0.3) is 0 Å². The van der Waals surface area contributed by atoms with Crippen molar-refractivity contribution in [3.05, 3.63) is 34.9 Å². The molecule has 0 saturated carbocycles. The molecule has 0 fully saturated rings. The Morgan fingerprint density at radius 1 is 1.15 bits per heavy atom. The second-order valence-corrected chi connectivity index (χ2v) is 9.48. The van der Waals surface area contributed by atoms with Gasteiger partial charge in [-0.1, -0.05) is 43.4 Å². The molecule has 3 heteroatoms. The zero-order valence-electron chi connectivity index (χ0n) is 8.10. The predicted molar refractivity (Wildman–Crippen MR) is 59.1 cm³/mol. The topological polar surface area (TPSA) is 17.1 Å². The summed E-state index contributed by atoms with van der Waals surface area (Å²) in [5, 5.41) is 0.955. The van der Waals surface area contributed by atoms with Crippen molar-refractivity contribution < 1.29 is 4.79 Å². The van der Waals surface area contributed by atoms with Gasteiger partial charge in [-0.15, -0.1) is 0 Å². The molecule has 1 aromatic carbocycles. The molecule has 0 amide bonds. The number of carbonyl (C=O) groups is 1. The predicted octanol–water partition coefficient (Wildman–Crippen LogP) is 3.40. The van der Waals surface area contributed by atoms with Crippen LogP contribution in [0.3, 0.4) is 0 Å². The van der Waals surface area contributed by atoms with Crippen molar-refractivity contribution in [3.63, 3.8) is 0 Å². The Bertz CT molecular complexity index is 311. The number of benzene rings is 1. The van der Waals surface area contributed by atoms with Crippen LogP contribution in [-0.4, -0.2) is 13.5 Å². The van der Waals surface area contributed by atoms with E-state index in [0.717, 1.165) is 5.56 Å². The van der Waals surface area contributed by atoms with Crippen LogP contribution in [0.25, 0.3) is 0 Å². The lowest BCUT2D eigenvalue weighted by atomic mass is 10.2. The Morgan fingerprint density at radius 2 is 1.62 bits per heavy atom. The number of hydrogen-bond donors (Lipinski definition) is 0. The van der Waals surface area contributed by atoms with Gasteiger partial charge in [0.1, 0.15) is 13.5 Å². The minimum Gasteiger partial charge on any atom is -0.300 e. The van der Waals surface area contributed by atoms with E-state index in [1.165, 1.54) is 0 Å². The second-order valence-electron chi connectivity index (χ2n) is 4.09. The zero-order valence-corrected chi connectivity index (χ0v) is 9.85. The summed E-state index contributed by atoms with van der Waals surface area (Å²) in [7, 11) is -1.70. The van der Waals surface area contributed by atoms with Gasteiger partial charge in [-0.2, -0.15) is 0 Å². The van der Waals surface area contributed by atoms with Crippen LogP contribution in [0.5, 0.6) is 0 Å². The molecule has 0 unspecified atom stereocenters. The normalized spacial score (nSPS) is 11.4. The molecule has 0 radical (unpaired) electrons. The summed E-state index contributed by atoms with van der Waals surface area (Å²) in [4.78, 5) is 11.8. The minimum absolute atomic E-state index is 0.282. The Hall–Kier alpha value is -0.603. The lowest BCUT2D eigenvalue weighted by molar-refractivity contribution is 0.106. The highest BCUT2D eigenvalue weighted by molar-refractivity contribution is 7.05. The van der Waals surface area contributed by atoms with Crippen molar-refractivity contribution in [3.8, 4) is 0 Å². The first-order valence-corrected chi connectivity index (χ1v) is 8.09. The first-order valence-electron chi connectivity index (χ1n) is 4.21. The Kier molecular flexibility index (Phi) is 2.93. The number of halogens is 1. The number of rotatable bonds is 2. The van der Waals surface area contributed by atoms with Crippen molar-refractivity contribution in [1.29, 1.82) is 0 Å². The average molecular weight is 213 g/mol. The fourth-order valence-electron chi connectivity index (χ4n) is 1.03. The maximum atomic E-state index is 11.8. The molecule has 1 rings (SSSR count). The monoisotopic (exact) mass is 212 g/mol. The van der Waals surface area contributed by atoms with E-state index in [9.17, 15) is 4.79 Å². The third-order valence-electron chi connectivity index (χ3n) is 1.79. The lowest BCUT2D eigenvalue weighted by Crippen LogP contribution is -2.33. The van der Waals surface area contributed by atoms with Crippen molar-refractivity contribution in [2.24, 2.45) is 0 Å². The molecule has 0 heterocycles. The van der Waals surface area contributed by atoms with Crippen LogP contribution < -0.4 is 0 Å². The fourth-order valence-corrected chi connectivity index (χ4v) is 2.19. The van der Waals surface area contributed by atoms with Crippen LogP contribution in [0, 0.1) is 0 Å². The van der Waals surface area contributed by atoms with Gasteiger partial charge in [0.15, 0.2) is 0 Å². The van der Waals surface area contributed by atoms with E-state index >= 15 is 0 Å². The largest absolute Gasteiger partial charge is 0.300 e. The highest BCUT2D eigenvalue weighted by Gasteiger charge is 2.24. The molecule has 0 spiro atoms. The first kappa shape index (κ1) is 10.5. The standard InChI is InChI=1S/C10H13ClOSi/c1-13(2,3)10(12)8-4-6-9(11)7-5-8/h4-7H,1-3H3. The van der Waals surface area contributed by atoms with Crippen molar-refractivity contribution in [2.75, 3.05) is 0 Å². The van der Waals surface area contributed by atoms with Gasteiger partial charge in [0.2, 0.25) is 0 Å². The van der Waals surface area contributed by atoms with E-state index in [1.54, 1.807) is 24.3 Å². The summed E-state index contributed by atoms with van der Waals surface area (Å²) in [6.07, 6.45) is 0. The lowest BCUT2D eigenvalue weighted by Gasteiger charge is -2.13. The van der Waals surface area contributed by atoms with Crippen LogP contribution in [0.15, 0.2) is 24.3 Å². The Labute approximate surface area is 84.7 Å². The zero-order chi connectivity index (χ0) is 10.1. The molecule has 1 nitrogen and oxygen atoms in total. The molecule has 0 aliphatic heterocycles. The molecule has 13 heavy (non-hydrogen) atoms. The van der Waals surface area contributed by atoms with Crippen LogP contribution in [0.2, 0.25) is 24.7 Å². The van der Waals surface area contributed by atoms with Gasteiger partial charge in [-0.3, -0.25) is 0 Å². The first-order chi connectivity index (χ1) is 5.91. The fraction of sp³-hybridized carbons (Fsp3) is 0.300. The highest BCUT2D eigenvalue weighted by Crippen LogP contribution is 2.14. The van der Waals surface area contributed by atoms with Crippen LogP contribution in [0.1, 0.15) is 10.4 Å². The third kappa shape index (κ3) is 2.67. The van der Waals surface area contributed by atoms with Gasteiger partial charge in [-0.25, -0.2) is 0 Å². The van der Waals surface area contributed by atoms with Crippen LogP contribution in [-0.2, 0) is 0 Å². The molecule has 0 N–H and O–H groups in total. The molecule has 1 aromatic rings. The van der Waals surface area contributed by atoms with Gasteiger partial charge in [0.05, 0.1) is 0 Å². The van der Waals surface area contributed by atoms with Crippen molar-refractivity contribution >= 4 is 25.1 Å². The van der Waals surface area contributed by atoms with E-state index in [4.69, 9.17) is 11.6 Å². The van der Waals surface area contributed by atoms with Gasteiger partial charge >= 0.3 is 0 Å². The third-order valence-corrected chi connectivity index (χ3v) is 3.69. The molecule has 0 aliphatic rings. The Morgan fingerprint density at radius 3 is 2.00 bits per heavy atom. The van der Waals surface area contributed by atoms with E-state index < -0.39 is 8.07 Å². The summed E-state index contributed by atoms with van der Waals surface area (Å²) in [6, 6.07) is 7.11. The van der Waals surface area contributed by atoms with Gasteiger partial charge in [0, 0.05) is 10.6 Å². The molecule has 0 saturated heterocycles. The van der Waals surface area contributed by atoms with Gasteiger partial charge < -0.3 is 4.79 Å². The summed E-state index contributed by atoms with van der Waals surface area (Å²) >= 11 is 5.73. The maximum Gasteiger partial charge on any atom is 0.139 e. The van der Waals surface area contributed by atoms with Crippen molar-refractivity contribution in [2.45, 2.75) is 19.6 Å². The van der Waals surface area contributed by atoms with E-state index in [-0.39, 0.29) is 5.41 Å².